The number of amides is 1. The van der Waals surface area contributed by atoms with Crippen LogP contribution in [0.15, 0.2) is 28.7 Å². The lowest BCUT2D eigenvalue weighted by atomic mass is 10.1. The summed E-state index contributed by atoms with van der Waals surface area (Å²) >= 11 is 3.42. The van der Waals surface area contributed by atoms with E-state index in [1.165, 1.54) is 0 Å². The van der Waals surface area contributed by atoms with Crippen LogP contribution >= 0.6 is 15.9 Å². The largest absolute Gasteiger partial charge is 0.356 e. The fourth-order valence-electron chi connectivity index (χ4n) is 1.20. The Labute approximate surface area is 99.2 Å². The normalized spacial score (nSPS) is 10.4. The summed E-state index contributed by atoms with van der Waals surface area (Å²) in [6, 6.07) is 7.79. The van der Waals surface area contributed by atoms with Crippen LogP contribution in [0.4, 0.5) is 0 Å². The molecule has 0 saturated heterocycles. The minimum atomic E-state index is 0.0793. The van der Waals surface area contributed by atoms with Gasteiger partial charge in [0.1, 0.15) is 0 Å². The number of nitrogens with one attached hydrogen (secondary N) is 1. The molecule has 15 heavy (non-hydrogen) atoms. The van der Waals surface area contributed by atoms with E-state index in [2.05, 4.69) is 35.1 Å². The first-order chi connectivity index (χ1) is 7.09. The van der Waals surface area contributed by atoms with E-state index in [1.807, 2.05) is 24.3 Å². The second-order valence-corrected chi connectivity index (χ2v) is 4.82. The molecule has 0 aromatic heterocycles. The van der Waals surface area contributed by atoms with Crippen molar-refractivity contribution in [3.8, 4) is 0 Å². The summed E-state index contributed by atoms with van der Waals surface area (Å²) in [5.41, 5.74) is 1.03. The van der Waals surface area contributed by atoms with Gasteiger partial charge in [0.2, 0.25) is 5.91 Å². The first-order valence-electron chi connectivity index (χ1n) is 5.09. The lowest BCUT2D eigenvalue weighted by Gasteiger charge is -2.08. The van der Waals surface area contributed by atoms with Gasteiger partial charge in [-0.25, -0.2) is 0 Å². The Hall–Kier alpha value is -0.830. The van der Waals surface area contributed by atoms with Crippen LogP contribution in [0.25, 0.3) is 0 Å². The summed E-state index contributed by atoms with van der Waals surface area (Å²) < 4.78 is 0.990. The highest BCUT2D eigenvalue weighted by Gasteiger charge is 2.06. The van der Waals surface area contributed by atoms with Gasteiger partial charge >= 0.3 is 0 Å². The van der Waals surface area contributed by atoms with Crippen LogP contribution in [0.1, 0.15) is 19.4 Å². The van der Waals surface area contributed by atoms with Crippen molar-refractivity contribution in [3.63, 3.8) is 0 Å². The van der Waals surface area contributed by atoms with Crippen LogP contribution in [0, 0.1) is 5.92 Å². The molecule has 0 spiro atoms. The van der Waals surface area contributed by atoms with Gasteiger partial charge in [-0.1, -0.05) is 48.0 Å². The molecule has 0 saturated carbocycles. The molecule has 82 valence electrons. The van der Waals surface area contributed by atoms with Crippen molar-refractivity contribution in [2.24, 2.45) is 5.92 Å². The zero-order chi connectivity index (χ0) is 11.3. The first kappa shape index (κ1) is 12.2. The number of rotatable bonds is 4. The van der Waals surface area contributed by atoms with Gasteiger partial charge in [0.05, 0.1) is 6.42 Å². The predicted molar refractivity (Wildman–Crippen MR) is 65.7 cm³/mol. The van der Waals surface area contributed by atoms with Gasteiger partial charge in [0.15, 0.2) is 0 Å². The van der Waals surface area contributed by atoms with E-state index < -0.39 is 0 Å². The quantitative estimate of drug-likeness (QED) is 0.895. The summed E-state index contributed by atoms with van der Waals surface area (Å²) in [6.45, 7) is 4.90. The molecule has 1 amide bonds. The number of carbonyl (C=O) groups excluding carboxylic acids is 1. The molecule has 1 aromatic carbocycles. The molecule has 1 N–H and O–H groups in total. The van der Waals surface area contributed by atoms with Crippen molar-refractivity contribution in [2.45, 2.75) is 20.3 Å². The number of hydrogen-bond donors (Lipinski definition) is 1. The summed E-state index contributed by atoms with van der Waals surface area (Å²) in [4.78, 5) is 11.5. The van der Waals surface area contributed by atoms with Crippen molar-refractivity contribution >= 4 is 21.8 Å². The molecular weight excluding hydrogens is 254 g/mol. The molecule has 1 rings (SSSR count). The topological polar surface area (TPSA) is 29.1 Å². The molecule has 0 heterocycles. The molecule has 0 radical (unpaired) electrons. The average Bonchev–Trinajstić information content (AvgIpc) is 2.18. The Morgan fingerprint density at radius 2 is 2.07 bits per heavy atom. The van der Waals surface area contributed by atoms with Crippen LogP contribution in [0.2, 0.25) is 0 Å². The maximum Gasteiger partial charge on any atom is 0.224 e. The number of hydrogen-bond acceptors (Lipinski definition) is 1. The van der Waals surface area contributed by atoms with E-state index in [4.69, 9.17) is 0 Å². The molecule has 0 fully saturated rings. The molecule has 0 aliphatic heterocycles. The van der Waals surface area contributed by atoms with Gasteiger partial charge in [-0.05, 0) is 17.5 Å². The maximum atomic E-state index is 11.5. The maximum absolute atomic E-state index is 11.5. The Morgan fingerprint density at radius 3 is 2.67 bits per heavy atom. The van der Waals surface area contributed by atoms with Crippen molar-refractivity contribution in [1.29, 1.82) is 0 Å². The Kier molecular flexibility index (Phi) is 4.82. The van der Waals surface area contributed by atoms with Crippen LogP contribution < -0.4 is 5.32 Å². The molecule has 3 heteroatoms. The van der Waals surface area contributed by atoms with Gasteiger partial charge in [0.25, 0.3) is 0 Å². The van der Waals surface area contributed by atoms with E-state index in [1.54, 1.807) is 0 Å². The lowest BCUT2D eigenvalue weighted by molar-refractivity contribution is -0.120. The smallest absolute Gasteiger partial charge is 0.224 e. The zero-order valence-corrected chi connectivity index (χ0v) is 10.7. The molecule has 0 bridgehead atoms. The third-order valence-electron chi connectivity index (χ3n) is 2.02. The summed E-state index contributed by atoms with van der Waals surface area (Å²) in [6.07, 6.45) is 0.439. The van der Waals surface area contributed by atoms with Crippen molar-refractivity contribution < 1.29 is 4.79 Å². The monoisotopic (exact) mass is 269 g/mol. The van der Waals surface area contributed by atoms with Crippen LogP contribution in [0.5, 0.6) is 0 Å². The van der Waals surface area contributed by atoms with Crippen LogP contribution in [-0.2, 0) is 11.2 Å². The average molecular weight is 270 g/mol. The van der Waals surface area contributed by atoms with E-state index in [9.17, 15) is 4.79 Å². The Morgan fingerprint density at radius 1 is 1.40 bits per heavy atom. The standard InChI is InChI=1S/C12H16BrNO/c1-9(2)8-14-12(15)7-10-5-3-4-6-11(10)13/h3-6,9H,7-8H2,1-2H3,(H,14,15). The predicted octanol–water partition coefficient (Wildman–Crippen LogP) is 2.76. The molecular formula is C12H16BrNO. The third kappa shape index (κ3) is 4.47. The van der Waals surface area contributed by atoms with E-state index in [-0.39, 0.29) is 5.91 Å². The number of benzene rings is 1. The first-order valence-corrected chi connectivity index (χ1v) is 5.89. The molecule has 1 aromatic rings. The SMILES string of the molecule is CC(C)CNC(=O)Cc1ccccc1Br. The molecule has 0 atom stereocenters. The molecule has 0 unspecified atom stereocenters. The highest BCUT2D eigenvalue weighted by atomic mass is 79.9. The van der Waals surface area contributed by atoms with Gasteiger partial charge in [-0.2, -0.15) is 0 Å². The van der Waals surface area contributed by atoms with Crippen LogP contribution in [-0.4, -0.2) is 12.5 Å². The second kappa shape index (κ2) is 5.91. The van der Waals surface area contributed by atoms with Crippen molar-refractivity contribution in [3.05, 3.63) is 34.3 Å². The van der Waals surface area contributed by atoms with E-state index >= 15 is 0 Å². The third-order valence-corrected chi connectivity index (χ3v) is 2.79. The van der Waals surface area contributed by atoms with E-state index in [0.29, 0.717) is 12.3 Å². The Balaban J connectivity index is 2.48. The van der Waals surface area contributed by atoms with Crippen molar-refractivity contribution in [2.75, 3.05) is 6.54 Å². The summed E-state index contributed by atoms with van der Waals surface area (Å²) in [5.74, 6) is 0.573. The minimum Gasteiger partial charge on any atom is -0.356 e. The zero-order valence-electron chi connectivity index (χ0n) is 9.09. The van der Waals surface area contributed by atoms with Crippen molar-refractivity contribution in [1.82, 2.24) is 5.32 Å². The fraction of sp³-hybridized carbons (Fsp3) is 0.417. The number of halogens is 1. The summed E-state index contributed by atoms with van der Waals surface area (Å²) in [5, 5.41) is 2.90. The summed E-state index contributed by atoms with van der Waals surface area (Å²) in [7, 11) is 0. The lowest BCUT2D eigenvalue weighted by Crippen LogP contribution is -2.28. The molecule has 2 nitrogen and oxygen atoms in total. The fourth-order valence-corrected chi connectivity index (χ4v) is 1.62. The van der Waals surface area contributed by atoms with Gasteiger partial charge < -0.3 is 5.32 Å². The molecule has 0 aliphatic carbocycles. The highest BCUT2D eigenvalue weighted by molar-refractivity contribution is 9.10. The number of carbonyl (C=O) groups is 1. The van der Waals surface area contributed by atoms with Gasteiger partial charge in [-0.3, -0.25) is 4.79 Å². The van der Waals surface area contributed by atoms with Gasteiger partial charge in [-0.15, -0.1) is 0 Å². The molecule has 0 aliphatic rings. The van der Waals surface area contributed by atoms with E-state index in [0.717, 1.165) is 16.6 Å². The highest BCUT2D eigenvalue weighted by Crippen LogP contribution is 2.16. The van der Waals surface area contributed by atoms with Crippen LogP contribution in [0.3, 0.4) is 0 Å². The van der Waals surface area contributed by atoms with Gasteiger partial charge in [0, 0.05) is 11.0 Å². The second-order valence-electron chi connectivity index (χ2n) is 3.97. The Bertz CT molecular complexity index is 336. The minimum absolute atomic E-state index is 0.0793.